The molecule has 28 heavy (non-hydrogen) atoms. The minimum Gasteiger partial charge on any atom is -0.495 e. The van der Waals surface area contributed by atoms with Crippen molar-refractivity contribution < 1.29 is 14.6 Å². The van der Waals surface area contributed by atoms with Crippen LogP contribution in [0, 0.1) is 19.3 Å². The molecule has 1 fully saturated rings. The molecule has 1 saturated carbocycles. The number of aliphatic hydroxyl groups excluding tert-OH is 1. The van der Waals surface area contributed by atoms with Crippen LogP contribution in [0.1, 0.15) is 74.2 Å². The van der Waals surface area contributed by atoms with E-state index in [0.717, 1.165) is 32.1 Å². The highest BCUT2D eigenvalue weighted by atomic mass is 16.5. The molecule has 1 heterocycles. The van der Waals surface area contributed by atoms with Crippen molar-refractivity contribution in [2.75, 3.05) is 5.73 Å². The summed E-state index contributed by atoms with van der Waals surface area (Å²) in [6, 6.07) is 0.0360. The van der Waals surface area contributed by atoms with Gasteiger partial charge in [-0.15, -0.1) is 12.3 Å². The summed E-state index contributed by atoms with van der Waals surface area (Å²) in [5.74, 6) is 2.22. The number of nitrogens with two attached hydrogens (primary N) is 1. The number of carbonyl (C=O) groups excluding carboxylic acids is 1. The van der Waals surface area contributed by atoms with Crippen molar-refractivity contribution in [3.63, 3.8) is 0 Å². The zero-order chi connectivity index (χ0) is 20.9. The molecule has 2 unspecified atom stereocenters. The van der Waals surface area contributed by atoms with Gasteiger partial charge in [0.25, 0.3) is 5.91 Å². The fourth-order valence-corrected chi connectivity index (χ4v) is 2.78. The number of allylic oxidation sites excluding steroid dienone is 1. The van der Waals surface area contributed by atoms with Crippen LogP contribution in [0.25, 0.3) is 0 Å². The molecule has 1 aromatic rings. The van der Waals surface area contributed by atoms with E-state index in [0.29, 0.717) is 17.8 Å². The first-order chi connectivity index (χ1) is 13.4. The molecule has 0 aliphatic heterocycles. The molecule has 0 spiro atoms. The van der Waals surface area contributed by atoms with Crippen LogP contribution in [-0.2, 0) is 11.3 Å². The Bertz CT molecular complexity index is 698. The molecule has 1 aliphatic carbocycles. The highest BCUT2D eigenvalue weighted by molar-refractivity contribution is 5.96. The average Bonchev–Trinajstić information content (AvgIpc) is 2.88. The van der Waals surface area contributed by atoms with E-state index in [1.807, 2.05) is 13.8 Å². The minimum atomic E-state index is -0.314. The van der Waals surface area contributed by atoms with Crippen LogP contribution >= 0.6 is 0 Å². The average molecular weight is 389 g/mol. The second-order valence-corrected chi connectivity index (χ2v) is 6.66. The zero-order valence-electron chi connectivity index (χ0n) is 17.1. The first kappa shape index (κ1) is 23.4. The number of nitrogen functional groups attached to an aromatic ring is 1. The number of terminal acetylenes is 1. The number of aliphatic hydroxyl groups is 1. The standard InChI is InChI=1S/C17H26N4O3.C4H6/c1-3-9-24-10-14-11(2)19-15(16(18)21-14)17(23)20-12-5-4-6-13(22)8-7-12;1-3-4-2/h3,9,12-13,22H,4-8,10H2,1-2H3,(H2,18,21)(H,20,23);1H,4H2,2H3/b9-3-;. The lowest BCUT2D eigenvalue weighted by Crippen LogP contribution is -2.36. The number of aryl methyl sites for hydroxylation is 1. The lowest BCUT2D eigenvalue weighted by atomic mass is 10.1. The maximum atomic E-state index is 12.5. The summed E-state index contributed by atoms with van der Waals surface area (Å²) in [7, 11) is 0. The summed E-state index contributed by atoms with van der Waals surface area (Å²) in [4.78, 5) is 21.0. The molecule has 0 bridgehead atoms. The number of rotatable bonds is 5. The Morgan fingerprint density at radius 2 is 2.11 bits per heavy atom. The SMILES string of the molecule is C#CCC.C/C=C\OCc1nc(N)c(C(=O)NC2CCCC(O)CC2)nc1C. The summed E-state index contributed by atoms with van der Waals surface area (Å²) >= 11 is 0. The van der Waals surface area contributed by atoms with Gasteiger partial charge in [0.05, 0.1) is 18.1 Å². The van der Waals surface area contributed by atoms with Gasteiger partial charge in [0.15, 0.2) is 11.5 Å². The van der Waals surface area contributed by atoms with E-state index >= 15 is 0 Å². The number of anilines is 1. The monoisotopic (exact) mass is 388 g/mol. The van der Waals surface area contributed by atoms with E-state index in [-0.39, 0.29) is 36.2 Å². The topological polar surface area (TPSA) is 110 Å². The Hall–Kier alpha value is -2.59. The zero-order valence-corrected chi connectivity index (χ0v) is 17.1. The minimum absolute atomic E-state index is 0.0360. The van der Waals surface area contributed by atoms with Gasteiger partial charge in [-0.3, -0.25) is 4.79 Å². The number of ether oxygens (including phenoxy) is 1. The number of nitrogens with one attached hydrogen (secondary N) is 1. The lowest BCUT2D eigenvalue weighted by Gasteiger charge is -2.17. The van der Waals surface area contributed by atoms with Crippen LogP contribution in [-0.4, -0.2) is 33.1 Å². The number of aromatic nitrogens is 2. The molecule has 154 valence electrons. The fourth-order valence-electron chi connectivity index (χ4n) is 2.78. The number of amides is 1. The molecule has 4 N–H and O–H groups in total. The Balaban J connectivity index is 0.000000892. The van der Waals surface area contributed by atoms with Crippen LogP contribution in [0.3, 0.4) is 0 Å². The van der Waals surface area contributed by atoms with Crippen molar-refractivity contribution in [3.8, 4) is 12.3 Å². The Morgan fingerprint density at radius 3 is 2.75 bits per heavy atom. The van der Waals surface area contributed by atoms with E-state index in [1.54, 1.807) is 19.3 Å². The summed E-state index contributed by atoms with van der Waals surface area (Å²) in [5, 5.41) is 12.6. The van der Waals surface area contributed by atoms with Crippen LogP contribution in [0.2, 0.25) is 0 Å². The number of hydrogen-bond donors (Lipinski definition) is 3. The maximum absolute atomic E-state index is 12.5. The van der Waals surface area contributed by atoms with Gasteiger partial charge in [0.1, 0.15) is 12.3 Å². The van der Waals surface area contributed by atoms with Gasteiger partial charge in [0.2, 0.25) is 0 Å². The van der Waals surface area contributed by atoms with Gasteiger partial charge in [-0.05, 0) is 46.0 Å². The first-order valence-electron chi connectivity index (χ1n) is 9.71. The number of hydrogen-bond acceptors (Lipinski definition) is 6. The van der Waals surface area contributed by atoms with Crippen molar-refractivity contribution in [3.05, 3.63) is 29.4 Å². The summed E-state index contributed by atoms with van der Waals surface area (Å²) < 4.78 is 5.29. The van der Waals surface area contributed by atoms with Crippen LogP contribution in [0.4, 0.5) is 5.82 Å². The molecule has 1 aromatic heterocycles. The second-order valence-electron chi connectivity index (χ2n) is 6.66. The van der Waals surface area contributed by atoms with Crippen molar-refractivity contribution in [2.24, 2.45) is 0 Å². The van der Waals surface area contributed by atoms with Gasteiger partial charge >= 0.3 is 0 Å². The number of carbonyl (C=O) groups is 1. The molecule has 0 saturated heterocycles. The predicted octanol–water partition coefficient (Wildman–Crippen LogP) is 2.87. The molecule has 2 atom stereocenters. The number of nitrogens with zero attached hydrogens (tertiary/aromatic N) is 2. The summed E-state index contributed by atoms with van der Waals surface area (Å²) in [6.45, 7) is 5.84. The predicted molar refractivity (Wildman–Crippen MR) is 110 cm³/mol. The molecule has 1 aliphatic rings. The third kappa shape index (κ3) is 7.97. The van der Waals surface area contributed by atoms with Crippen molar-refractivity contribution in [2.45, 2.75) is 78.0 Å². The van der Waals surface area contributed by atoms with Gasteiger partial charge in [-0.25, -0.2) is 9.97 Å². The Labute approximate surface area is 167 Å². The smallest absolute Gasteiger partial charge is 0.273 e. The molecular formula is C21H32N4O3. The quantitative estimate of drug-likeness (QED) is 0.406. The summed E-state index contributed by atoms with van der Waals surface area (Å²) in [6.07, 6.45) is 12.7. The van der Waals surface area contributed by atoms with E-state index in [4.69, 9.17) is 16.9 Å². The second kappa shape index (κ2) is 12.7. The molecule has 0 aromatic carbocycles. The maximum Gasteiger partial charge on any atom is 0.273 e. The van der Waals surface area contributed by atoms with E-state index in [1.165, 1.54) is 0 Å². The molecule has 7 heteroatoms. The Morgan fingerprint density at radius 1 is 1.39 bits per heavy atom. The third-order valence-corrected chi connectivity index (χ3v) is 4.34. The van der Waals surface area contributed by atoms with Crippen molar-refractivity contribution >= 4 is 11.7 Å². The molecule has 1 amide bonds. The van der Waals surface area contributed by atoms with E-state index in [2.05, 4.69) is 21.2 Å². The third-order valence-electron chi connectivity index (χ3n) is 4.34. The Kier molecular flexibility index (Phi) is 10.7. The largest absolute Gasteiger partial charge is 0.495 e. The normalized spacial score (nSPS) is 19.1. The van der Waals surface area contributed by atoms with Gasteiger partial charge < -0.3 is 20.9 Å². The van der Waals surface area contributed by atoms with Crippen LogP contribution in [0.15, 0.2) is 12.3 Å². The van der Waals surface area contributed by atoms with Crippen molar-refractivity contribution in [1.29, 1.82) is 0 Å². The molecule has 7 nitrogen and oxygen atoms in total. The molecule has 0 radical (unpaired) electrons. The first-order valence-corrected chi connectivity index (χ1v) is 9.71. The van der Waals surface area contributed by atoms with Crippen LogP contribution in [0.5, 0.6) is 0 Å². The summed E-state index contributed by atoms with van der Waals surface area (Å²) in [5.41, 5.74) is 7.28. The highest BCUT2D eigenvalue weighted by Gasteiger charge is 2.22. The molecule has 2 rings (SSSR count). The van der Waals surface area contributed by atoms with Gasteiger partial charge in [-0.2, -0.15) is 0 Å². The van der Waals surface area contributed by atoms with Gasteiger partial charge in [-0.1, -0.05) is 13.0 Å². The molecular weight excluding hydrogens is 356 g/mol. The van der Waals surface area contributed by atoms with Crippen LogP contribution < -0.4 is 11.1 Å². The lowest BCUT2D eigenvalue weighted by molar-refractivity contribution is 0.0926. The van der Waals surface area contributed by atoms with E-state index < -0.39 is 0 Å². The van der Waals surface area contributed by atoms with Gasteiger partial charge in [0, 0.05) is 12.5 Å². The fraction of sp³-hybridized carbons (Fsp3) is 0.571. The highest BCUT2D eigenvalue weighted by Crippen LogP contribution is 2.19. The van der Waals surface area contributed by atoms with E-state index in [9.17, 15) is 9.90 Å². The van der Waals surface area contributed by atoms with Crippen molar-refractivity contribution in [1.82, 2.24) is 15.3 Å².